The summed E-state index contributed by atoms with van der Waals surface area (Å²) in [6.07, 6.45) is -0.589. The van der Waals surface area contributed by atoms with Crippen LogP contribution in [0.1, 0.15) is 23.7 Å². The number of nitrogens with one attached hydrogen (secondary N) is 2. The van der Waals surface area contributed by atoms with E-state index in [9.17, 15) is 4.79 Å². The summed E-state index contributed by atoms with van der Waals surface area (Å²) in [5.41, 5.74) is 3.02. The molecule has 1 heterocycles. The van der Waals surface area contributed by atoms with Crippen molar-refractivity contribution in [1.29, 1.82) is 0 Å². The Hall–Kier alpha value is -2.30. The van der Waals surface area contributed by atoms with Crippen LogP contribution in [0.2, 0.25) is 0 Å². The van der Waals surface area contributed by atoms with Crippen molar-refractivity contribution in [3.8, 4) is 5.75 Å². The van der Waals surface area contributed by atoms with Crippen molar-refractivity contribution in [3.63, 3.8) is 0 Å². The van der Waals surface area contributed by atoms with Gasteiger partial charge in [0.15, 0.2) is 11.9 Å². The van der Waals surface area contributed by atoms with Crippen LogP contribution in [-0.2, 0) is 4.79 Å². The number of aryl methyl sites for hydroxylation is 2. The summed E-state index contributed by atoms with van der Waals surface area (Å²) in [6.45, 7) is 7.52. The van der Waals surface area contributed by atoms with Gasteiger partial charge in [0.2, 0.25) is 0 Å². The lowest BCUT2D eigenvalue weighted by Gasteiger charge is -2.14. The number of amides is 1. The number of nitrogens with zero attached hydrogens (tertiary/aromatic N) is 1. The lowest BCUT2D eigenvalue weighted by atomic mass is 10.2. The highest BCUT2D eigenvalue weighted by Crippen LogP contribution is 2.16. The molecular weight excluding hydrogens is 254 g/mol. The van der Waals surface area contributed by atoms with Crippen LogP contribution in [0.25, 0.3) is 0 Å². The van der Waals surface area contributed by atoms with E-state index in [4.69, 9.17) is 4.74 Å². The van der Waals surface area contributed by atoms with Gasteiger partial charge >= 0.3 is 0 Å². The van der Waals surface area contributed by atoms with Gasteiger partial charge in [0.1, 0.15) is 5.75 Å². The van der Waals surface area contributed by atoms with Crippen LogP contribution < -0.4 is 10.1 Å². The fraction of sp³-hybridized carbons (Fsp3) is 0.333. The molecule has 2 aromatic rings. The normalized spacial score (nSPS) is 12.0. The maximum atomic E-state index is 12.1. The first-order valence-corrected chi connectivity index (χ1v) is 6.53. The summed E-state index contributed by atoms with van der Waals surface area (Å²) in [5.74, 6) is 1.00. The van der Waals surface area contributed by atoms with Crippen molar-refractivity contribution in [3.05, 3.63) is 41.1 Å². The van der Waals surface area contributed by atoms with E-state index in [1.165, 1.54) is 0 Å². The molecule has 0 spiro atoms. The van der Waals surface area contributed by atoms with Crippen molar-refractivity contribution in [2.45, 2.75) is 33.8 Å². The second-order valence-corrected chi connectivity index (χ2v) is 4.88. The van der Waals surface area contributed by atoms with Gasteiger partial charge in [-0.3, -0.25) is 9.89 Å². The van der Waals surface area contributed by atoms with Gasteiger partial charge in [-0.1, -0.05) is 17.7 Å². The molecule has 1 amide bonds. The van der Waals surface area contributed by atoms with E-state index >= 15 is 0 Å². The Morgan fingerprint density at radius 2 is 1.90 bits per heavy atom. The van der Waals surface area contributed by atoms with Gasteiger partial charge in [-0.05, 0) is 39.8 Å². The second-order valence-electron chi connectivity index (χ2n) is 4.88. The van der Waals surface area contributed by atoms with Crippen LogP contribution in [-0.4, -0.2) is 22.2 Å². The molecule has 0 fully saturated rings. The first kappa shape index (κ1) is 14.1. The number of hydrogen-bond donors (Lipinski definition) is 2. The molecule has 0 radical (unpaired) electrons. The molecule has 0 aliphatic heterocycles. The monoisotopic (exact) mass is 273 g/mol. The number of aromatic amines is 1. The molecule has 20 heavy (non-hydrogen) atoms. The number of ether oxygens (including phenoxy) is 1. The van der Waals surface area contributed by atoms with Crippen LogP contribution in [0.3, 0.4) is 0 Å². The highest BCUT2D eigenvalue weighted by Gasteiger charge is 2.17. The molecule has 0 aliphatic carbocycles. The first-order chi connectivity index (χ1) is 9.47. The number of benzene rings is 1. The molecule has 106 valence electrons. The van der Waals surface area contributed by atoms with Crippen LogP contribution in [0, 0.1) is 20.8 Å². The van der Waals surface area contributed by atoms with E-state index in [1.54, 1.807) is 6.92 Å². The quantitative estimate of drug-likeness (QED) is 0.900. The minimum atomic E-state index is -0.589. The highest BCUT2D eigenvalue weighted by atomic mass is 16.5. The highest BCUT2D eigenvalue weighted by molar-refractivity contribution is 5.93. The molecule has 1 atom stereocenters. The molecule has 2 rings (SSSR count). The minimum absolute atomic E-state index is 0.222. The lowest BCUT2D eigenvalue weighted by molar-refractivity contribution is -0.122. The van der Waals surface area contributed by atoms with Gasteiger partial charge in [-0.25, -0.2) is 0 Å². The van der Waals surface area contributed by atoms with Crippen LogP contribution in [0.15, 0.2) is 24.3 Å². The van der Waals surface area contributed by atoms with Gasteiger partial charge in [0, 0.05) is 11.3 Å². The van der Waals surface area contributed by atoms with Crippen LogP contribution in [0.5, 0.6) is 5.75 Å². The topological polar surface area (TPSA) is 67.0 Å². The molecule has 0 aliphatic rings. The largest absolute Gasteiger partial charge is 0.481 e. The molecule has 0 saturated carbocycles. The molecule has 1 unspecified atom stereocenters. The van der Waals surface area contributed by atoms with Gasteiger partial charge < -0.3 is 10.1 Å². The predicted octanol–water partition coefficient (Wildman–Crippen LogP) is 2.74. The Morgan fingerprint density at radius 3 is 2.45 bits per heavy atom. The number of carbonyl (C=O) groups excluding carboxylic acids is 1. The van der Waals surface area contributed by atoms with Crippen molar-refractivity contribution < 1.29 is 9.53 Å². The van der Waals surface area contributed by atoms with Crippen molar-refractivity contribution in [2.24, 2.45) is 0 Å². The maximum Gasteiger partial charge on any atom is 0.266 e. The summed E-state index contributed by atoms with van der Waals surface area (Å²) in [5, 5.41) is 9.63. The summed E-state index contributed by atoms with van der Waals surface area (Å²) in [7, 11) is 0. The molecular formula is C15H19N3O2. The average molecular weight is 273 g/mol. The van der Waals surface area contributed by atoms with Crippen molar-refractivity contribution >= 4 is 11.7 Å². The average Bonchev–Trinajstić information content (AvgIpc) is 2.73. The molecule has 0 bridgehead atoms. The predicted molar refractivity (Wildman–Crippen MR) is 78.0 cm³/mol. The van der Waals surface area contributed by atoms with E-state index in [1.807, 2.05) is 45.0 Å². The summed E-state index contributed by atoms with van der Waals surface area (Å²) in [4.78, 5) is 12.1. The van der Waals surface area contributed by atoms with Crippen molar-refractivity contribution in [2.75, 3.05) is 5.32 Å². The zero-order valence-corrected chi connectivity index (χ0v) is 12.2. The number of anilines is 1. The number of rotatable bonds is 4. The summed E-state index contributed by atoms with van der Waals surface area (Å²) >= 11 is 0. The lowest BCUT2D eigenvalue weighted by Crippen LogP contribution is -2.30. The molecule has 1 aromatic carbocycles. The van der Waals surface area contributed by atoms with E-state index in [0.29, 0.717) is 11.6 Å². The van der Waals surface area contributed by atoms with E-state index in [2.05, 4.69) is 15.5 Å². The molecule has 2 N–H and O–H groups in total. The minimum Gasteiger partial charge on any atom is -0.481 e. The summed E-state index contributed by atoms with van der Waals surface area (Å²) < 4.78 is 5.60. The van der Waals surface area contributed by atoms with Crippen molar-refractivity contribution in [1.82, 2.24) is 10.2 Å². The maximum absolute atomic E-state index is 12.1. The van der Waals surface area contributed by atoms with Gasteiger partial charge in [0.25, 0.3) is 5.91 Å². The van der Waals surface area contributed by atoms with Gasteiger partial charge in [0.05, 0.1) is 0 Å². The molecule has 5 heteroatoms. The van der Waals surface area contributed by atoms with Gasteiger partial charge in [-0.15, -0.1) is 0 Å². The molecule has 5 nitrogen and oxygen atoms in total. The smallest absolute Gasteiger partial charge is 0.266 e. The third-order valence-electron chi connectivity index (χ3n) is 3.20. The fourth-order valence-electron chi connectivity index (χ4n) is 1.70. The Balaban J connectivity index is 1.98. The van der Waals surface area contributed by atoms with E-state index < -0.39 is 6.10 Å². The molecule has 0 saturated heterocycles. The molecule has 1 aromatic heterocycles. The Bertz CT molecular complexity index is 602. The SMILES string of the molecule is Cc1ccc(OC(C)C(=O)Nc2n[nH]c(C)c2C)cc1. The second kappa shape index (κ2) is 5.77. The first-order valence-electron chi connectivity index (χ1n) is 6.53. The number of hydrogen-bond acceptors (Lipinski definition) is 3. The zero-order chi connectivity index (χ0) is 14.7. The zero-order valence-electron chi connectivity index (χ0n) is 12.2. The fourth-order valence-corrected chi connectivity index (χ4v) is 1.70. The Labute approximate surface area is 118 Å². The van der Waals surface area contributed by atoms with Crippen LogP contribution >= 0.6 is 0 Å². The third kappa shape index (κ3) is 3.17. The third-order valence-corrected chi connectivity index (χ3v) is 3.20. The Morgan fingerprint density at radius 1 is 1.25 bits per heavy atom. The number of aromatic nitrogens is 2. The van der Waals surface area contributed by atoms with E-state index in [0.717, 1.165) is 16.8 Å². The Kier molecular flexibility index (Phi) is 4.08. The van der Waals surface area contributed by atoms with E-state index in [-0.39, 0.29) is 5.91 Å². The number of H-pyrrole nitrogens is 1. The van der Waals surface area contributed by atoms with Crippen LogP contribution in [0.4, 0.5) is 5.82 Å². The van der Waals surface area contributed by atoms with Gasteiger partial charge in [-0.2, -0.15) is 5.10 Å². The summed E-state index contributed by atoms with van der Waals surface area (Å²) in [6, 6.07) is 7.59. The number of carbonyl (C=O) groups is 1. The standard InChI is InChI=1S/C15H19N3O2/c1-9-5-7-13(8-6-9)20-12(4)15(19)16-14-10(2)11(3)17-18-14/h5-8,12H,1-4H3,(H2,16,17,18,19).